The lowest BCUT2D eigenvalue weighted by molar-refractivity contribution is -0.142. The molecule has 2 aromatic rings. The number of ether oxygens (including phenoxy) is 1. The third kappa shape index (κ3) is 6.38. The second kappa shape index (κ2) is 11.2. The summed E-state index contributed by atoms with van der Waals surface area (Å²) in [7, 11) is 0. The van der Waals surface area contributed by atoms with Crippen molar-refractivity contribution in [3.05, 3.63) is 63.1 Å². The molecule has 0 aliphatic heterocycles. The zero-order valence-corrected chi connectivity index (χ0v) is 19.3. The molecule has 30 heavy (non-hydrogen) atoms. The van der Waals surface area contributed by atoms with Crippen LogP contribution in [0.15, 0.2) is 36.4 Å². The SMILES string of the molecule is CCCNC(=O)[C@@H](C)N(Cc1c(Cl)cccc1Cl)C(=O)COc1ccc(C)cc1C. The van der Waals surface area contributed by atoms with E-state index in [4.69, 9.17) is 27.9 Å². The van der Waals surface area contributed by atoms with Crippen molar-refractivity contribution in [1.82, 2.24) is 10.2 Å². The Kier molecular flexibility index (Phi) is 9.00. The number of hydrogen-bond donors (Lipinski definition) is 1. The molecular formula is C23H28Cl2N2O3. The number of carbonyl (C=O) groups excluding carboxylic acids is 2. The Morgan fingerprint density at radius 2 is 1.80 bits per heavy atom. The van der Waals surface area contributed by atoms with Crippen LogP contribution in [-0.2, 0) is 16.1 Å². The molecule has 2 aromatic carbocycles. The van der Waals surface area contributed by atoms with E-state index in [0.717, 1.165) is 17.5 Å². The molecule has 162 valence electrons. The Balaban J connectivity index is 2.22. The van der Waals surface area contributed by atoms with Crippen molar-refractivity contribution in [2.24, 2.45) is 0 Å². The summed E-state index contributed by atoms with van der Waals surface area (Å²) in [4.78, 5) is 27.1. The standard InChI is InChI=1S/C23H28Cl2N2O3/c1-5-11-26-23(29)17(4)27(13-18-19(24)7-6-8-20(18)25)22(28)14-30-21-10-9-15(2)12-16(21)3/h6-10,12,17H,5,11,13-14H2,1-4H3,(H,26,29)/t17-/m1/s1. The van der Waals surface area contributed by atoms with Crippen molar-refractivity contribution in [1.29, 1.82) is 0 Å². The number of rotatable bonds is 9. The van der Waals surface area contributed by atoms with Gasteiger partial charge < -0.3 is 15.0 Å². The molecule has 0 spiro atoms. The van der Waals surface area contributed by atoms with Gasteiger partial charge in [0.25, 0.3) is 5.91 Å². The second-order valence-electron chi connectivity index (χ2n) is 7.25. The van der Waals surface area contributed by atoms with Crippen LogP contribution in [0.3, 0.4) is 0 Å². The van der Waals surface area contributed by atoms with E-state index in [1.807, 2.05) is 39.0 Å². The summed E-state index contributed by atoms with van der Waals surface area (Å²) in [5, 5.41) is 3.71. The van der Waals surface area contributed by atoms with E-state index in [2.05, 4.69) is 5.32 Å². The molecule has 0 aliphatic rings. The smallest absolute Gasteiger partial charge is 0.261 e. The largest absolute Gasteiger partial charge is 0.483 e. The van der Waals surface area contributed by atoms with E-state index in [1.165, 1.54) is 4.90 Å². The minimum atomic E-state index is -0.709. The van der Waals surface area contributed by atoms with Crippen LogP contribution in [0.4, 0.5) is 0 Å². The summed E-state index contributed by atoms with van der Waals surface area (Å²) >= 11 is 12.6. The molecule has 0 radical (unpaired) electrons. The molecule has 1 N–H and O–H groups in total. The fourth-order valence-electron chi connectivity index (χ4n) is 3.02. The third-order valence-corrected chi connectivity index (χ3v) is 5.50. The van der Waals surface area contributed by atoms with Crippen LogP contribution in [-0.4, -0.2) is 35.9 Å². The van der Waals surface area contributed by atoms with Crippen molar-refractivity contribution >= 4 is 35.0 Å². The molecule has 0 heterocycles. The number of benzene rings is 2. The topological polar surface area (TPSA) is 58.6 Å². The average Bonchev–Trinajstić information content (AvgIpc) is 2.70. The van der Waals surface area contributed by atoms with Gasteiger partial charge in [-0.3, -0.25) is 9.59 Å². The fourth-order valence-corrected chi connectivity index (χ4v) is 3.53. The predicted octanol–water partition coefficient (Wildman–Crippen LogP) is 4.93. The number of hydrogen-bond acceptors (Lipinski definition) is 3. The van der Waals surface area contributed by atoms with Crippen LogP contribution in [0.1, 0.15) is 37.0 Å². The maximum absolute atomic E-state index is 13.1. The van der Waals surface area contributed by atoms with Gasteiger partial charge in [-0.1, -0.05) is 53.9 Å². The Labute approximate surface area is 188 Å². The van der Waals surface area contributed by atoms with Crippen LogP contribution in [0, 0.1) is 13.8 Å². The molecule has 0 unspecified atom stereocenters. The zero-order valence-electron chi connectivity index (χ0n) is 17.8. The van der Waals surface area contributed by atoms with Gasteiger partial charge in [0.15, 0.2) is 6.61 Å². The second-order valence-corrected chi connectivity index (χ2v) is 8.06. The molecule has 0 fully saturated rings. The predicted molar refractivity (Wildman–Crippen MR) is 121 cm³/mol. The molecule has 7 heteroatoms. The van der Waals surface area contributed by atoms with Gasteiger partial charge >= 0.3 is 0 Å². The number of halogens is 2. The summed E-state index contributed by atoms with van der Waals surface area (Å²) in [6.07, 6.45) is 0.804. The lowest BCUT2D eigenvalue weighted by atomic mass is 10.1. The van der Waals surface area contributed by atoms with E-state index < -0.39 is 6.04 Å². The van der Waals surface area contributed by atoms with Gasteiger partial charge in [0, 0.05) is 28.7 Å². The number of amides is 2. The quantitative estimate of drug-likeness (QED) is 0.588. The lowest BCUT2D eigenvalue weighted by Gasteiger charge is -2.29. The number of carbonyl (C=O) groups is 2. The first-order valence-electron chi connectivity index (χ1n) is 9.94. The molecule has 2 rings (SSSR count). The highest BCUT2D eigenvalue weighted by Gasteiger charge is 2.27. The highest BCUT2D eigenvalue weighted by Crippen LogP contribution is 2.27. The Morgan fingerprint density at radius 3 is 2.40 bits per heavy atom. The fraction of sp³-hybridized carbons (Fsp3) is 0.391. The minimum Gasteiger partial charge on any atom is -0.483 e. The van der Waals surface area contributed by atoms with Crippen molar-refractivity contribution in [3.8, 4) is 5.75 Å². The molecule has 5 nitrogen and oxygen atoms in total. The van der Waals surface area contributed by atoms with E-state index >= 15 is 0 Å². The average molecular weight is 451 g/mol. The normalized spacial score (nSPS) is 11.7. The van der Waals surface area contributed by atoms with E-state index in [0.29, 0.717) is 27.9 Å². The number of aryl methyl sites for hydroxylation is 2. The van der Waals surface area contributed by atoms with Crippen LogP contribution in [0.25, 0.3) is 0 Å². The van der Waals surface area contributed by atoms with Gasteiger partial charge in [0.1, 0.15) is 11.8 Å². The van der Waals surface area contributed by atoms with Gasteiger partial charge in [-0.15, -0.1) is 0 Å². The summed E-state index contributed by atoms with van der Waals surface area (Å²) < 4.78 is 5.75. The first kappa shape index (κ1) is 24.0. The van der Waals surface area contributed by atoms with E-state index in [9.17, 15) is 9.59 Å². The summed E-state index contributed by atoms with van der Waals surface area (Å²) in [6.45, 7) is 8.02. The van der Waals surface area contributed by atoms with Gasteiger partial charge in [-0.05, 0) is 51.0 Å². The zero-order chi connectivity index (χ0) is 22.3. The van der Waals surface area contributed by atoms with Crippen LogP contribution in [0.2, 0.25) is 10.0 Å². The van der Waals surface area contributed by atoms with Gasteiger partial charge in [-0.2, -0.15) is 0 Å². The summed E-state index contributed by atoms with van der Waals surface area (Å²) in [6, 6.07) is 10.2. The maximum atomic E-state index is 13.1. The third-order valence-electron chi connectivity index (χ3n) is 4.79. The van der Waals surface area contributed by atoms with Crippen LogP contribution < -0.4 is 10.1 Å². The molecule has 2 amide bonds. The minimum absolute atomic E-state index is 0.105. The monoisotopic (exact) mass is 450 g/mol. The van der Waals surface area contributed by atoms with Crippen molar-refractivity contribution in [3.63, 3.8) is 0 Å². The maximum Gasteiger partial charge on any atom is 0.261 e. The van der Waals surface area contributed by atoms with Crippen molar-refractivity contribution < 1.29 is 14.3 Å². The lowest BCUT2D eigenvalue weighted by Crippen LogP contribution is -2.49. The highest BCUT2D eigenvalue weighted by molar-refractivity contribution is 6.36. The van der Waals surface area contributed by atoms with Crippen molar-refractivity contribution in [2.45, 2.75) is 46.7 Å². The summed E-state index contributed by atoms with van der Waals surface area (Å²) in [5.74, 6) is 0.0674. The highest BCUT2D eigenvalue weighted by atomic mass is 35.5. The summed E-state index contributed by atoms with van der Waals surface area (Å²) in [5.41, 5.74) is 2.65. The molecule has 1 atom stereocenters. The Hall–Kier alpha value is -2.24. The number of nitrogens with zero attached hydrogens (tertiary/aromatic N) is 1. The first-order valence-corrected chi connectivity index (χ1v) is 10.7. The number of nitrogens with one attached hydrogen (secondary N) is 1. The van der Waals surface area contributed by atoms with Crippen molar-refractivity contribution in [2.75, 3.05) is 13.2 Å². The van der Waals surface area contributed by atoms with Gasteiger partial charge in [0.05, 0.1) is 0 Å². The Morgan fingerprint density at radius 1 is 1.13 bits per heavy atom. The molecule has 0 aliphatic carbocycles. The van der Waals surface area contributed by atoms with Crippen LogP contribution >= 0.6 is 23.2 Å². The van der Waals surface area contributed by atoms with Gasteiger partial charge in [-0.25, -0.2) is 0 Å². The van der Waals surface area contributed by atoms with E-state index in [-0.39, 0.29) is 25.0 Å². The van der Waals surface area contributed by atoms with Gasteiger partial charge in [0.2, 0.25) is 5.91 Å². The molecular weight excluding hydrogens is 423 g/mol. The van der Waals surface area contributed by atoms with E-state index in [1.54, 1.807) is 25.1 Å². The van der Waals surface area contributed by atoms with Crippen LogP contribution in [0.5, 0.6) is 5.75 Å². The Bertz CT molecular complexity index is 882. The molecule has 0 saturated heterocycles. The first-order chi connectivity index (χ1) is 14.2. The molecule has 0 saturated carbocycles. The molecule has 0 bridgehead atoms. The molecule has 0 aromatic heterocycles.